The van der Waals surface area contributed by atoms with Crippen molar-refractivity contribution in [3.8, 4) is 22.3 Å². The lowest BCUT2D eigenvalue weighted by molar-refractivity contribution is 0.102. The second kappa shape index (κ2) is 6.76. The monoisotopic (exact) mass is 344 g/mol. The van der Waals surface area contributed by atoms with Crippen molar-refractivity contribution in [2.75, 3.05) is 19.5 Å². The van der Waals surface area contributed by atoms with E-state index in [1.807, 2.05) is 19.1 Å². The van der Waals surface area contributed by atoms with Crippen molar-refractivity contribution in [2.45, 2.75) is 6.92 Å². The molecule has 6 nitrogen and oxygen atoms in total. The van der Waals surface area contributed by atoms with E-state index < -0.39 is 0 Å². The fourth-order valence-electron chi connectivity index (χ4n) is 2.12. The molecule has 2 aromatic heterocycles. The molecule has 2 heterocycles. The van der Waals surface area contributed by atoms with Gasteiger partial charge in [0.05, 0.1) is 14.2 Å². The minimum atomic E-state index is -0.309. The number of nitrogens with one attached hydrogen (secondary N) is 1. The number of anilines is 1. The van der Waals surface area contributed by atoms with Gasteiger partial charge in [0.15, 0.2) is 10.8 Å². The SMILES string of the molecule is COc1cc(NC(=O)c2csc(-c3ccc(C)o3)n2)cc(OC)c1. The number of thiazole rings is 1. The van der Waals surface area contributed by atoms with Gasteiger partial charge < -0.3 is 19.2 Å². The topological polar surface area (TPSA) is 73.6 Å². The van der Waals surface area contributed by atoms with Crippen LogP contribution in [0.1, 0.15) is 16.2 Å². The molecule has 0 radical (unpaired) electrons. The number of benzene rings is 1. The fraction of sp³-hybridized carbons (Fsp3) is 0.176. The van der Waals surface area contributed by atoms with Crippen molar-refractivity contribution < 1.29 is 18.7 Å². The van der Waals surface area contributed by atoms with Crippen LogP contribution >= 0.6 is 11.3 Å². The van der Waals surface area contributed by atoms with E-state index in [0.29, 0.717) is 33.6 Å². The average molecular weight is 344 g/mol. The highest BCUT2D eigenvalue weighted by Gasteiger charge is 2.15. The third-order valence-corrected chi connectivity index (χ3v) is 4.15. The summed E-state index contributed by atoms with van der Waals surface area (Å²) >= 11 is 1.36. The van der Waals surface area contributed by atoms with Crippen LogP contribution in [0, 0.1) is 6.92 Å². The van der Waals surface area contributed by atoms with Crippen molar-refractivity contribution in [1.29, 1.82) is 0 Å². The molecule has 0 aliphatic carbocycles. The number of carbonyl (C=O) groups is 1. The lowest BCUT2D eigenvalue weighted by atomic mass is 10.2. The maximum atomic E-state index is 12.4. The molecule has 24 heavy (non-hydrogen) atoms. The quantitative estimate of drug-likeness (QED) is 0.758. The maximum absolute atomic E-state index is 12.4. The van der Waals surface area contributed by atoms with Crippen molar-refractivity contribution in [1.82, 2.24) is 4.98 Å². The van der Waals surface area contributed by atoms with Crippen LogP contribution in [0.2, 0.25) is 0 Å². The summed E-state index contributed by atoms with van der Waals surface area (Å²) in [4.78, 5) is 16.7. The predicted octanol–water partition coefficient (Wildman–Crippen LogP) is 3.98. The molecule has 0 saturated heterocycles. The van der Waals surface area contributed by atoms with Crippen LogP contribution in [0.15, 0.2) is 40.1 Å². The van der Waals surface area contributed by atoms with Crippen molar-refractivity contribution in [3.05, 3.63) is 47.2 Å². The molecule has 3 rings (SSSR count). The van der Waals surface area contributed by atoms with Crippen LogP contribution in [-0.2, 0) is 0 Å². The van der Waals surface area contributed by atoms with Gasteiger partial charge >= 0.3 is 0 Å². The molecule has 3 aromatic rings. The summed E-state index contributed by atoms with van der Waals surface area (Å²) in [6.07, 6.45) is 0. The Kier molecular flexibility index (Phi) is 4.52. The molecule has 124 valence electrons. The molecule has 0 bridgehead atoms. The molecule has 1 aromatic carbocycles. The first-order valence-electron chi connectivity index (χ1n) is 7.16. The predicted molar refractivity (Wildman–Crippen MR) is 92.1 cm³/mol. The van der Waals surface area contributed by atoms with Gasteiger partial charge in [0.25, 0.3) is 5.91 Å². The third kappa shape index (κ3) is 3.41. The summed E-state index contributed by atoms with van der Waals surface area (Å²) in [6, 6.07) is 8.85. The van der Waals surface area contributed by atoms with E-state index in [-0.39, 0.29) is 5.91 Å². The zero-order chi connectivity index (χ0) is 17.1. The van der Waals surface area contributed by atoms with Gasteiger partial charge in [-0.3, -0.25) is 4.79 Å². The molecule has 0 spiro atoms. The number of carbonyl (C=O) groups excluding carboxylic acids is 1. The van der Waals surface area contributed by atoms with Gasteiger partial charge in [-0.05, 0) is 19.1 Å². The molecular weight excluding hydrogens is 328 g/mol. The highest BCUT2D eigenvalue weighted by atomic mass is 32.1. The number of nitrogens with zero attached hydrogens (tertiary/aromatic N) is 1. The zero-order valence-electron chi connectivity index (χ0n) is 13.5. The van der Waals surface area contributed by atoms with Gasteiger partial charge in [0, 0.05) is 29.3 Å². The Morgan fingerprint density at radius 1 is 1.17 bits per heavy atom. The first-order chi connectivity index (χ1) is 11.6. The second-order valence-corrected chi connectivity index (χ2v) is 5.86. The first kappa shape index (κ1) is 16.1. The van der Waals surface area contributed by atoms with E-state index >= 15 is 0 Å². The van der Waals surface area contributed by atoms with E-state index in [1.54, 1.807) is 37.8 Å². The molecule has 7 heteroatoms. The van der Waals surface area contributed by atoms with Crippen LogP contribution < -0.4 is 14.8 Å². The fourth-order valence-corrected chi connectivity index (χ4v) is 2.88. The Morgan fingerprint density at radius 3 is 2.46 bits per heavy atom. The average Bonchev–Trinajstić information content (AvgIpc) is 3.23. The summed E-state index contributed by atoms with van der Waals surface area (Å²) in [5.41, 5.74) is 0.894. The van der Waals surface area contributed by atoms with Crippen LogP contribution in [0.5, 0.6) is 11.5 Å². The summed E-state index contributed by atoms with van der Waals surface area (Å²) < 4.78 is 15.9. The van der Waals surface area contributed by atoms with Gasteiger partial charge in [0.2, 0.25) is 0 Å². The van der Waals surface area contributed by atoms with Crippen molar-refractivity contribution in [2.24, 2.45) is 0 Å². The van der Waals surface area contributed by atoms with Gasteiger partial charge in [-0.25, -0.2) is 4.98 Å². The first-order valence-corrected chi connectivity index (χ1v) is 8.04. The number of furan rings is 1. The third-order valence-electron chi connectivity index (χ3n) is 3.30. The van der Waals surface area contributed by atoms with Gasteiger partial charge in [-0.1, -0.05) is 0 Å². The van der Waals surface area contributed by atoms with Crippen LogP contribution in [0.3, 0.4) is 0 Å². The number of amides is 1. The van der Waals surface area contributed by atoms with Crippen molar-refractivity contribution >= 4 is 22.9 Å². The minimum Gasteiger partial charge on any atom is -0.497 e. The Bertz CT molecular complexity index is 847. The molecule has 0 unspecified atom stereocenters. The Balaban J connectivity index is 1.79. The molecule has 0 fully saturated rings. The number of hydrogen-bond acceptors (Lipinski definition) is 6. The highest BCUT2D eigenvalue weighted by Crippen LogP contribution is 2.28. The van der Waals surface area contributed by atoms with E-state index in [4.69, 9.17) is 13.9 Å². The van der Waals surface area contributed by atoms with E-state index in [2.05, 4.69) is 10.3 Å². The Morgan fingerprint density at radius 2 is 1.88 bits per heavy atom. The summed E-state index contributed by atoms with van der Waals surface area (Å²) in [5.74, 6) is 2.33. The molecule has 0 aliphatic rings. The van der Waals surface area contributed by atoms with E-state index in [0.717, 1.165) is 5.76 Å². The lowest BCUT2D eigenvalue weighted by Gasteiger charge is -2.09. The number of hydrogen-bond donors (Lipinski definition) is 1. The summed E-state index contributed by atoms with van der Waals surface area (Å²) in [5, 5.41) is 5.15. The molecule has 0 aliphatic heterocycles. The van der Waals surface area contributed by atoms with Crippen molar-refractivity contribution in [3.63, 3.8) is 0 Å². The Hall–Kier alpha value is -2.80. The molecule has 0 atom stereocenters. The smallest absolute Gasteiger partial charge is 0.275 e. The van der Waals surface area contributed by atoms with E-state index in [9.17, 15) is 4.79 Å². The normalized spacial score (nSPS) is 10.5. The number of rotatable bonds is 5. The molecule has 1 N–H and O–H groups in total. The van der Waals surface area contributed by atoms with E-state index in [1.165, 1.54) is 11.3 Å². The lowest BCUT2D eigenvalue weighted by Crippen LogP contribution is -2.12. The summed E-state index contributed by atoms with van der Waals surface area (Å²) in [6.45, 7) is 1.86. The van der Waals surface area contributed by atoms with Gasteiger partial charge in [0.1, 0.15) is 23.0 Å². The molecule has 0 saturated carbocycles. The van der Waals surface area contributed by atoms with Crippen LogP contribution in [0.25, 0.3) is 10.8 Å². The second-order valence-electron chi connectivity index (χ2n) is 5.00. The van der Waals surface area contributed by atoms with Gasteiger partial charge in [-0.2, -0.15) is 0 Å². The number of ether oxygens (including phenoxy) is 2. The number of methoxy groups -OCH3 is 2. The largest absolute Gasteiger partial charge is 0.497 e. The van der Waals surface area contributed by atoms with Gasteiger partial charge in [-0.15, -0.1) is 11.3 Å². The number of aromatic nitrogens is 1. The summed E-state index contributed by atoms with van der Waals surface area (Å²) in [7, 11) is 3.11. The van der Waals surface area contributed by atoms with Crippen LogP contribution in [-0.4, -0.2) is 25.1 Å². The zero-order valence-corrected chi connectivity index (χ0v) is 14.3. The standard InChI is InChI=1S/C17H16N2O4S/c1-10-4-5-15(23-10)17-19-14(9-24-17)16(20)18-11-6-12(21-2)8-13(7-11)22-3/h4-9H,1-3H3,(H,18,20). The number of aryl methyl sites for hydroxylation is 1. The molecule has 1 amide bonds. The molecular formula is C17H16N2O4S. The highest BCUT2D eigenvalue weighted by molar-refractivity contribution is 7.13. The maximum Gasteiger partial charge on any atom is 0.275 e. The Labute approximate surface area is 143 Å². The van der Waals surface area contributed by atoms with Crippen LogP contribution in [0.4, 0.5) is 5.69 Å². The minimum absolute atomic E-state index is 0.309.